The van der Waals surface area contributed by atoms with Crippen molar-refractivity contribution in [2.24, 2.45) is 5.92 Å². The third kappa shape index (κ3) is 3.97. The van der Waals surface area contributed by atoms with Gasteiger partial charge in [0, 0.05) is 12.1 Å². The quantitative estimate of drug-likeness (QED) is 0.653. The molecule has 1 unspecified atom stereocenters. The molecule has 3 nitrogen and oxygen atoms in total. The lowest BCUT2D eigenvalue weighted by molar-refractivity contribution is -0.138. The summed E-state index contributed by atoms with van der Waals surface area (Å²) in [6.45, 7) is 3.86. The van der Waals surface area contributed by atoms with E-state index in [9.17, 15) is 4.79 Å². The molecule has 0 saturated heterocycles. The van der Waals surface area contributed by atoms with E-state index < -0.39 is 0 Å². The van der Waals surface area contributed by atoms with Gasteiger partial charge in [-0.3, -0.25) is 4.79 Å². The summed E-state index contributed by atoms with van der Waals surface area (Å²) in [7, 11) is 0. The lowest BCUT2D eigenvalue weighted by Crippen LogP contribution is -2.16. The number of esters is 1. The number of hydrogen-bond acceptors (Lipinski definition) is 2. The molecule has 1 heterocycles. The van der Waals surface area contributed by atoms with Crippen molar-refractivity contribution in [3.8, 4) is 5.75 Å². The van der Waals surface area contributed by atoms with Crippen LogP contribution in [0, 0.1) is 5.92 Å². The molecular formula is C16H18BrNO2. The van der Waals surface area contributed by atoms with Gasteiger partial charge < -0.3 is 9.72 Å². The molecule has 0 aliphatic heterocycles. The van der Waals surface area contributed by atoms with Crippen molar-refractivity contribution in [2.75, 3.05) is 0 Å². The molecular weight excluding hydrogens is 318 g/mol. The first kappa shape index (κ1) is 14.9. The highest BCUT2D eigenvalue weighted by Crippen LogP contribution is 2.19. The number of carbonyl (C=O) groups excluding carboxylic acids is 1. The van der Waals surface area contributed by atoms with Gasteiger partial charge in [0.15, 0.2) is 0 Å². The van der Waals surface area contributed by atoms with Crippen LogP contribution in [0.3, 0.4) is 0 Å². The van der Waals surface area contributed by atoms with Crippen LogP contribution in [0.15, 0.2) is 41.0 Å². The zero-order valence-electron chi connectivity index (χ0n) is 11.7. The molecule has 0 radical (unpaired) electrons. The smallest absolute Gasteiger partial charge is 0.314 e. The van der Waals surface area contributed by atoms with Crippen molar-refractivity contribution in [1.82, 2.24) is 4.98 Å². The third-order valence-corrected chi connectivity index (χ3v) is 3.70. The lowest BCUT2D eigenvalue weighted by Gasteiger charge is -2.09. The Morgan fingerprint density at radius 3 is 2.80 bits per heavy atom. The molecule has 1 aromatic heterocycles. The summed E-state index contributed by atoms with van der Waals surface area (Å²) in [5, 5.41) is 0. The van der Waals surface area contributed by atoms with Crippen LogP contribution in [0.5, 0.6) is 5.75 Å². The summed E-state index contributed by atoms with van der Waals surface area (Å²) < 4.78 is 6.36. The van der Waals surface area contributed by atoms with Gasteiger partial charge in [-0.2, -0.15) is 0 Å². The zero-order chi connectivity index (χ0) is 14.5. The van der Waals surface area contributed by atoms with Gasteiger partial charge in [-0.05, 0) is 52.2 Å². The topological polar surface area (TPSA) is 42.1 Å². The van der Waals surface area contributed by atoms with E-state index in [4.69, 9.17) is 4.74 Å². The zero-order valence-corrected chi connectivity index (χ0v) is 13.2. The molecule has 0 saturated carbocycles. The summed E-state index contributed by atoms with van der Waals surface area (Å²) in [6, 6.07) is 11.7. The molecule has 0 aliphatic carbocycles. The van der Waals surface area contributed by atoms with Crippen LogP contribution < -0.4 is 4.74 Å². The Kier molecular flexibility index (Phi) is 5.01. The van der Waals surface area contributed by atoms with Crippen LogP contribution in [0.1, 0.15) is 31.5 Å². The standard InChI is InChI=1S/C16H18BrNO2/c1-3-11(2)16(19)20-14-6-4-5-12(10-14)9-13-7-8-15(17)18-13/h4-8,10-11,18H,3,9H2,1-2H3. The van der Waals surface area contributed by atoms with E-state index in [1.54, 1.807) is 0 Å². The van der Waals surface area contributed by atoms with Gasteiger partial charge in [0.25, 0.3) is 0 Å². The molecule has 1 N–H and O–H groups in total. The second-order valence-corrected chi connectivity index (χ2v) is 5.74. The highest BCUT2D eigenvalue weighted by molar-refractivity contribution is 9.10. The maximum absolute atomic E-state index is 11.8. The molecule has 0 fully saturated rings. The van der Waals surface area contributed by atoms with Gasteiger partial charge in [0.05, 0.1) is 10.5 Å². The average Bonchev–Trinajstić information content (AvgIpc) is 2.83. The number of benzene rings is 1. The van der Waals surface area contributed by atoms with E-state index in [1.165, 1.54) is 0 Å². The Morgan fingerprint density at radius 1 is 1.35 bits per heavy atom. The molecule has 1 aromatic carbocycles. The number of ether oxygens (including phenoxy) is 1. The van der Waals surface area contributed by atoms with E-state index >= 15 is 0 Å². The summed E-state index contributed by atoms with van der Waals surface area (Å²) in [4.78, 5) is 15.0. The van der Waals surface area contributed by atoms with Gasteiger partial charge in [0.1, 0.15) is 5.75 Å². The van der Waals surface area contributed by atoms with Crippen LogP contribution in [0.25, 0.3) is 0 Å². The third-order valence-electron chi connectivity index (χ3n) is 3.24. The van der Waals surface area contributed by atoms with Crippen molar-refractivity contribution >= 4 is 21.9 Å². The second kappa shape index (κ2) is 6.75. The summed E-state index contributed by atoms with van der Waals surface area (Å²) >= 11 is 3.39. The molecule has 2 rings (SSSR count). The van der Waals surface area contributed by atoms with Crippen LogP contribution in [-0.4, -0.2) is 11.0 Å². The minimum Gasteiger partial charge on any atom is -0.426 e. The van der Waals surface area contributed by atoms with Crippen LogP contribution in [0.4, 0.5) is 0 Å². The molecule has 20 heavy (non-hydrogen) atoms. The number of rotatable bonds is 5. The average molecular weight is 336 g/mol. The second-order valence-electron chi connectivity index (χ2n) is 4.89. The molecule has 4 heteroatoms. The van der Waals surface area contributed by atoms with Crippen LogP contribution in [-0.2, 0) is 11.2 Å². The summed E-state index contributed by atoms with van der Waals surface area (Å²) in [6.07, 6.45) is 1.56. The Bertz CT molecular complexity index is 592. The van der Waals surface area contributed by atoms with Crippen molar-refractivity contribution in [3.05, 3.63) is 52.3 Å². The number of carbonyl (C=O) groups is 1. The number of halogens is 1. The van der Waals surface area contributed by atoms with Crippen LogP contribution >= 0.6 is 15.9 Å². The van der Waals surface area contributed by atoms with Crippen LogP contribution in [0.2, 0.25) is 0 Å². The highest BCUT2D eigenvalue weighted by atomic mass is 79.9. The Morgan fingerprint density at radius 2 is 2.15 bits per heavy atom. The SMILES string of the molecule is CCC(C)C(=O)Oc1cccc(Cc2ccc(Br)[nH]2)c1. The minimum atomic E-state index is -0.174. The van der Waals surface area contributed by atoms with Crippen molar-refractivity contribution < 1.29 is 9.53 Å². The predicted octanol–water partition coefficient (Wildman–Crippen LogP) is 4.32. The van der Waals surface area contributed by atoms with Gasteiger partial charge in [-0.15, -0.1) is 0 Å². The summed E-state index contributed by atoms with van der Waals surface area (Å²) in [5.41, 5.74) is 2.22. The largest absolute Gasteiger partial charge is 0.426 e. The van der Waals surface area contributed by atoms with Gasteiger partial charge >= 0.3 is 5.97 Å². The van der Waals surface area contributed by atoms with E-state index in [2.05, 4.69) is 20.9 Å². The maximum atomic E-state index is 11.8. The molecule has 0 bridgehead atoms. The number of nitrogens with one attached hydrogen (secondary N) is 1. The van der Waals surface area contributed by atoms with E-state index in [0.717, 1.165) is 28.7 Å². The van der Waals surface area contributed by atoms with Gasteiger partial charge in [-0.1, -0.05) is 26.0 Å². The number of hydrogen-bond donors (Lipinski definition) is 1. The molecule has 106 valence electrons. The molecule has 0 spiro atoms. The van der Waals surface area contributed by atoms with Gasteiger partial charge in [-0.25, -0.2) is 0 Å². The number of aromatic nitrogens is 1. The molecule has 0 aliphatic rings. The molecule has 0 amide bonds. The molecule has 2 aromatic rings. The van der Waals surface area contributed by atoms with Crippen molar-refractivity contribution in [1.29, 1.82) is 0 Å². The fourth-order valence-electron chi connectivity index (χ4n) is 1.84. The highest BCUT2D eigenvalue weighted by Gasteiger charge is 2.13. The summed E-state index contributed by atoms with van der Waals surface area (Å²) in [5.74, 6) is 0.365. The first-order valence-corrected chi connectivity index (χ1v) is 7.51. The minimum absolute atomic E-state index is 0.0713. The normalized spacial score (nSPS) is 12.2. The fraction of sp³-hybridized carbons (Fsp3) is 0.312. The van der Waals surface area contributed by atoms with E-state index in [-0.39, 0.29) is 11.9 Å². The van der Waals surface area contributed by atoms with E-state index in [0.29, 0.717) is 5.75 Å². The number of H-pyrrole nitrogens is 1. The first-order chi connectivity index (χ1) is 9.58. The predicted molar refractivity (Wildman–Crippen MR) is 82.8 cm³/mol. The maximum Gasteiger partial charge on any atom is 0.314 e. The number of aromatic amines is 1. The van der Waals surface area contributed by atoms with Gasteiger partial charge in [0.2, 0.25) is 0 Å². The van der Waals surface area contributed by atoms with Crippen molar-refractivity contribution in [2.45, 2.75) is 26.7 Å². The monoisotopic (exact) mass is 335 g/mol. The first-order valence-electron chi connectivity index (χ1n) is 6.72. The van der Waals surface area contributed by atoms with Crippen molar-refractivity contribution in [3.63, 3.8) is 0 Å². The Balaban J connectivity index is 2.06. The van der Waals surface area contributed by atoms with E-state index in [1.807, 2.05) is 50.2 Å². The lowest BCUT2D eigenvalue weighted by atomic mass is 10.1. The molecule has 1 atom stereocenters. The fourth-order valence-corrected chi connectivity index (χ4v) is 2.22. The Hall–Kier alpha value is -1.55. The Labute approximate surface area is 127 Å².